The second-order valence-corrected chi connectivity index (χ2v) is 7.69. The van der Waals surface area contributed by atoms with Gasteiger partial charge in [0.2, 0.25) is 5.91 Å². The molecule has 8 heteroatoms. The second-order valence-electron chi connectivity index (χ2n) is 7.69. The Labute approximate surface area is 166 Å². The van der Waals surface area contributed by atoms with Crippen LogP contribution in [-0.2, 0) is 4.79 Å². The molecule has 2 fully saturated rings. The van der Waals surface area contributed by atoms with Gasteiger partial charge in [-0.3, -0.25) is 14.6 Å². The molecule has 27 heavy (non-hydrogen) atoms. The lowest BCUT2D eigenvalue weighted by Crippen LogP contribution is -2.59. The van der Waals surface area contributed by atoms with Crippen LogP contribution >= 0.6 is 12.4 Å². The number of hydrogen-bond donors (Lipinski definition) is 1. The molecule has 3 rings (SSSR count). The largest absolute Gasteiger partial charge is 0.369 e. The van der Waals surface area contributed by atoms with Gasteiger partial charge in [0, 0.05) is 50.4 Å². The van der Waals surface area contributed by atoms with E-state index in [4.69, 9.17) is 0 Å². The van der Waals surface area contributed by atoms with Crippen molar-refractivity contribution in [2.75, 3.05) is 44.2 Å². The van der Waals surface area contributed by atoms with Crippen LogP contribution in [-0.4, -0.2) is 66.5 Å². The van der Waals surface area contributed by atoms with Gasteiger partial charge in [-0.15, -0.1) is 12.4 Å². The van der Waals surface area contributed by atoms with Gasteiger partial charge in [-0.05, 0) is 51.1 Å². The van der Waals surface area contributed by atoms with Gasteiger partial charge in [-0.2, -0.15) is 0 Å². The summed E-state index contributed by atoms with van der Waals surface area (Å²) in [4.78, 5) is 30.1. The fourth-order valence-corrected chi connectivity index (χ4v) is 3.55. The van der Waals surface area contributed by atoms with Crippen molar-refractivity contribution in [1.29, 1.82) is 0 Å². The number of carbonyl (C=O) groups is 2. The van der Waals surface area contributed by atoms with Crippen molar-refractivity contribution in [1.82, 2.24) is 15.1 Å². The number of nitrogens with one attached hydrogen (secondary N) is 1. The van der Waals surface area contributed by atoms with Gasteiger partial charge in [0.25, 0.3) is 0 Å². The first-order valence-corrected chi connectivity index (χ1v) is 9.19. The molecule has 3 amide bonds. The van der Waals surface area contributed by atoms with Crippen LogP contribution in [0, 0.1) is 5.82 Å². The molecule has 0 saturated carbocycles. The fourth-order valence-electron chi connectivity index (χ4n) is 3.55. The zero-order chi connectivity index (χ0) is 18.7. The first kappa shape index (κ1) is 21.4. The van der Waals surface area contributed by atoms with Gasteiger partial charge in [0.05, 0.1) is 0 Å². The van der Waals surface area contributed by atoms with Crippen molar-refractivity contribution in [2.24, 2.45) is 0 Å². The van der Waals surface area contributed by atoms with E-state index < -0.39 is 5.54 Å². The Morgan fingerprint density at radius 3 is 2.26 bits per heavy atom. The predicted molar refractivity (Wildman–Crippen MR) is 106 cm³/mol. The Balaban J connectivity index is 0.00000261. The van der Waals surface area contributed by atoms with E-state index in [2.05, 4.69) is 15.1 Å². The summed E-state index contributed by atoms with van der Waals surface area (Å²) in [6, 6.07) is 6.32. The molecule has 2 aliphatic heterocycles. The first-order valence-electron chi connectivity index (χ1n) is 9.19. The van der Waals surface area contributed by atoms with E-state index in [1.165, 1.54) is 17.0 Å². The molecule has 0 bridgehead atoms. The van der Waals surface area contributed by atoms with Gasteiger partial charge in [-0.25, -0.2) is 9.18 Å². The topological polar surface area (TPSA) is 55.9 Å². The summed E-state index contributed by atoms with van der Waals surface area (Å²) >= 11 is 0. The smallest absolute Gasteiger partial charge is 0.324 e. The van der Waals surface area contributed by atoms with Gasteiger partial charge in [0.1, 0.15) is 5.82 Å². The summed E-state index contributed by atoms with van der Waals surface area (Å²) in [6.07, 6.45) is 1.12. The zero-order valence-electron chi connectivity index (χ0n) is 15.9. The summed E-state index contributed by atoms with van der Waals surface area (Å²) < 4.78 is 13.0. The lowest BCUT2D eigenvalue weighted by molar-refractivity contribution is -0.131. The maximum absolute atomic E-state index is 13.0. The molecule has 2 saturated heterocycles. The van der Waals surface area contributed by atoms with E-state index >= 15 is 0 Å². The predicted octanol–water partition coefficient (Wildman–Crippen LogP) is 2.48. The quantitative estimate of drug-likeness (QED) is 0.827. The number of urea groups is 1. The molecule has 1 N–H and O–H groups in total. The van der Waals surface area contributed by atoms with E-state index in [-0.39, 0.29) is 30.2 Å². The Bertz CT molecular complexity index is 640. The number of amides is 3. The number of imide groups is 1. The molecule has 0 atom stereocenters. The monoisotopic (exact) mass is 398 g/mol. The SMILES string of the molecule is CC1(C)CC(=O)N(CCCN2CCN(c3ccc(F)cc3)CC2)C(=O)N1.Cl. The number of piperazine rings is 1. The zero-order valence-corrected chi connectivity index (χ0v) is 16.7. The van der Waals surface area contributed by atoms with Crippen LogP contribution in [0.2, 0.25) is 0 Å². The second kappa shape index (κ2) is 8.89. The maximum atomic E-state index is 13.0. The average molecular weight is 399 g/mol. The molecular formula is C19H28ClFN4O2. The van der Waals surface area contributed by atoms with Gasteiger partial charge < -0.3 is 10.2 Å². The number of anilines is 1. The van der Waals surface area contributed by atoms with Crippen molar-refractivity contribution in [3.05, 3.63) is 30.1 Å². The summed E-state index contributed by atoms with van der Waals surface area (Å²) in [6.45, 7) is 8.67. The molecule has 2 heterocycles. The molecule has 2 aliphatic rings. The third-order valence-corrected chi connectivity index (χ3v) is 5.00. The molecule has 0 spiro atoms. The van der Waals surface area contributed by atoms with Crippen LogP contribution in [0.25, 0.3) is 0 Å². The molecular weight excluding hydrogens is 371 g/mol. The Morgan fingerprint density at radius 1 is 1.04 bits per heavy atom. The Morgan fingerprint density at radius 2 is 1.67 bits per heavy atom. The van der Waals surface area contributed by atoms with Crippen LogP contribution < -0.4 is 10.2 Å². The number of rotatable bonds is 5. The van der Waals surface area contributed by atoms with Gasteiger partial charge >= 0.3 is 6.03 Å². The van der Waals surface area contributed by atoms with Crippen molar-refractivity contribution in [3.63, 3.8) is 0 Å². The van der Waals surface area contributed by atoms with Crippen LogP contribution in [0.15, 0.2) is 24.3 Å². The van der Waals surface area contributed by atoms with Crippen molar-refractivity contribution < 1.29 is 14.0 Å². The highest BCUT2D eigenvalue weighted by atomic mass is 35.5. The summed E-state index contributed by atoms with van der Waals surface area (Å²) in [5, 5.41) is 2.87. The van der Waals surface area contributed by atoms with Crippen LogP contribution in [0.4, 0.5) is 14.9 Å². The highest BCUT2D eigenvalue weighted by Crippen LogP contribution is 2.19. The summed E-state index contributed by atoms with van der Waals surface area (Å²) in [5.74, 6) is -0.313. The summed E-state index contributed by atoms with van der Waals surface area (Å²) in [5.41, 5.74) is 0.589. The van der Waals surface area contributed by atoms with E-state index in [1.807, 2.05) is 26.0 Å². The Hall–Kier alpha value is -1.86. The normalized spacial score (nSPS) is 20.3. The molecule has 1 aromatic rings. The molecule has 0 aromatic heterocycles. The number of carbonyl (C=O) groups excluding carboxylic acids is 2. The highest BCUT2D eigenvalue weighted by Gasteiger charge is 2.36. The first-order chi connectivity index (χ1) is 12.3. The van der Waals surface area contributed by atoms with Crippen molar-refractivity contribution in [3.8, 4) is 0 Å². The lowest BCUT2D eigenvalue weighted by Gasteiger charge is -2.38. The van der Waals surface area contributed by atoms with Crippen molar-refractivity contribution >= 4 is 30.0 Å². The molecule has 150 valence electrons. The van der Waals surface area contributed by atoms with Crippen molar-refractivity contribution in [2.45, 2.75) is 32.2 Å². The average Bonchev–Trinajstić information content (AvgIpc) is 2.58. The summed E-state index contributed by atoms with van der Waals surface area (Å²) in [7, 11) is 0. The number of nitrogens with zero attached hydrogens (tertiary/aromatic N) is 3. The molecule has 1 aromatic carbocycles. The van der Waals surface area contributed by atoms with Gasteiger partial charge in [0.15, 0.2) is 0 Å². The van der Waals surface area contributed by atoms with E-state index in [9.17, 15) is 14.0 Å². The van der Waals surface area contributed by atoms with Crippen LogP contribution in [0.5, 0.6) is 0 Å². The van der Waals surface area contributed by atoms with Gasteiger partial charge in [-0.1, -0.05) is 0 Å². The maximum Gasteiger partial charge on any atom is 0.324 e. The number of halogens is 2. The Kier molecular flexibility index (Phi) is 7.06. The third kappa shape index (κ3) is 5.56. The van der Waals surface area contributed by atoms with E-state index in [1.54, 1.807) is 0 Å². The minimum absolute atomic E-state index is 0. The fraction of sp³-hybridized carbons (Fsp3) is 0.579. The van der Waals surface area contributed by atoms with Crippen LogP contribution in [0.1, 0.15) is 26.7 Å². The lowest BCUT2D eigenvalue weighted by atomic mass is 9.98. The highest BCUT2D eigenvalue weighted by molar-refractivity contribution is 5.97. The standard InChI is InChI=1S/C19H27FN4O2.ClH/c1-19(2)14-17(25)24(18(26)21-19)9-3-8-22-10-12-23(13-11-22)16-6-4-15(20)5-7-16;/h4-7H,3,8-14H2,1-2H3,(H,21,26);1H. The minimum Gasteiger partial charge on any atom is -0.369 e. The minimum atomic E-state index is -0.457. The molecule has 0 unspecified atom stereocenters. The molecule has 0 aliphatic carbocycles. The third-order valence-electron chi connectivity index (χ3n) is 5.00. The molecule has 6 nitrogen and oxygen atoms in total. The number of hydrogen-bond acceptors (Lipinski definition) is 4. The van der Waals surface area contributed by atoms with E-state index in [0.717, 1.165) is 44.8 Å². The van der Waals surface area contributed by atoms with Crippen LogP contribution in [0.3, 0.4) is 0 Å². The molecule has 0 radical (unpaired) electrons. The van der Waals surface area contributed by atoms with E-state index in [0.29, 0.717) is 13.0 Å². The number of benzene rings is 1.